The van der Waals surface area contributed by atoms with E-state index in [4.69, 9.17) is 8.74 Å². The molecule has 0 aliphatic rings. The quantitative estimate of drug-likeness (QED) is 0.302. The van der Waals surface area contributed by atoms with E-state index < -0.39 is 15.9 Å². The molecular weight excluding hydrogens is 330 g/mol. The van der Waals surface area contributed by atoms with Crippen LogP contribution in [0.25, 0.3) is 0 Å². The Kier molecular flexibility index (Phi) is 7.15. The topological polar surface area (TPSA) is 35.5 Å². The highest BCUT2D eigenvalue weighted by molar-refractivity contribution is 14.1. The van der Waals surface area contributed by atoms with E-state index in [-0.39, 0.29) is 0 Å². The van der Waals surface area contributed by atoms with Gasteiger partial charge in [-0.05, 0) is 26.1 Å². The van der Waals surface area contributed by atoms with Gasteiger partial charge in [0.05, 0.1) is 6.61 Å². The first-order valence-corrected chi connectivity index (χ1v) is 11.5. The summed E-state index contributed by atoms with van der Waals surface area (Å²) < 4.78 is 24.0. The Morgan fingerprint density at radius 3 is 2.29 bits per heavy atom. The van der Waals surface area contributed by atoms with Crippen LogP contribution in [0.3, 0.4) is 0 Å². The maximum atomic E-state index is 12.2. The summed E-state index contributed by atoms with van der Waals surface area (Å²) in [5.74, 6) is 0. The minimum absolute atomic E-state index is 0.516. The van der Waals surface area contributed by atoms with E-state index in [1.807, 2.05) is 26.6 Å². The third kappa shape index (κ3) is 7.40. The molecule has 0 aliphatic heterocycles. The average Bonchev–Trinajstić information content (AvgIpc) is 1.98. The number of halogens is 1. The maximum Gasteiger partial charge on any atom is 0.321 e. The van der Waals surface area contributed by atoms with Crippen LogP contribution in [-0.2, 0) is 13.3 Å². The first-order valence-electron chi connectivity index (χ1n) is 4.83. The molecule has 1 atom stereocenters. The van der Waals surface area contributed by atoms with Gasteiger partial charge in [0, 0.05) is 10.6 Å². The number of rotatable bonds is 7. The van der Waals surface area contributed by atoms with Gasteiger partial charge in [-0.15, -0.1) is 0 Å². The van der Waals surface area contributed by atoms with E-state index in [1.165, 1.54) is 0 Å². The molecule has 0 radical (unpaired) electrons. The summed E-state index contributed by atoms with van der Waals surface area (Å²) in [5.41, 5.74) is 0. The summed E-state index contributed by atoms with van der Waals surface area (Å²) in [4.78, 5) is 0. The fourth-order valence-corrected chi connectivity index (χ4v) is 6.53. The molecule has 3 nitrogen and oxygen atoms in total. The first-order chi connectivity index (χ1) is 6.33. The third-order valence-corrected chi connectivity index (χ3v) is 6.59. The lowest BCUT2D eigenvalue weighted by Gasteiger charge is -2.25. The van der Waals surface area contributed by atoms with E-state index >= 15 is 0 Å². The Bertz CT molecular complexity index is 205. The Balaban J connectivity index is 4.31. The molecule has 0 rings (SSSR count). The van der Waals surface area contributed by atoms with Gasteiger partial charge in [-0.2, -0.15) is 0 Å². The molecule has 86 valence electrons. The van der Waals surface area contributed by atoms with Crippen LogP contribution in [0.15, 0.2) is 0 Å². The van der Waals surface area contributed by atoms with Crippen LogP contribution in [0.5, 0.6) is 0 Å². The van der Waals surface area contributed by atoms with Crippen molar-refractivity contribution in [2.45, 2.75) is 33.0 Å². The van der Waals surface area contributed by atoms with Crippen molar-refractivity contribution >= 4 is 38.5 Å². The van der Waals surface area contributed by atoms with E-state index in [0.29, 0.717) is 12.8 Å². The van der Waals surface area contributed by atoms with Gasteiger partial charge in [-0.1, -0.05) is 29.5 Å². The molecule has 1 unspecified atom stereocenters. The Morgan fingerprint density at radius 2 is 1.93 bits per heavy atom. The van der Waals surface area contributed by atoms with Crippen molar-refractivity contribution in [2.75, 3.05) is 17.2 Å². The van der Waals surface area contributed by atoms with Crippen molar-refractivity contribution in [3.8, 4) is 0 Å². The van der Waals surface area contributed by atoms with Gasteiger partial charge < -0.3 is 8.74 Å². The summed E-state index contributed by atoms with van der Waals surface area (Å²) in [6, 6.07) is 0. The number of hydrogen-bond acceptors (Lipinski definition) is 3. The minimum Gasteiger partial charge on any atom is -0.351 e. The molecule has 0 aromatic heterocycles. The van der Waals surface area contributed by atoms with Gasteiger partial charge in [0.2, 0.25) is 0 Å². The molecule has 14 heavy (non-hydrogen) atoms. The van der Waals surface area contributed by atoms with Crippen molar-refractivity contribution in [3.63, 3.8) is 0 Å². The SMILES string of the molecule is CCCP(=O)(OCCI)O[Si](C)(C)C. The van der Waals surface area contributed by atoms with Crippen molar-refractivity contribution in [2.24, 2.45) is 0 Å². The molecular formula is C8H20IO3PSi. The molecule has 0 N–H and O–H groups in total. The maximum absolute atomic E-state index is 12.2. The zero-order valence-corrected chi connectivity index (χ0v) is 13.4. The van der Waals surface area contributed by atoms with Crippen molar-refractivity contribution in [1.29, 1.82) is 0 Å². The highest BCUT2D eigenvalue weighted by atomic mass is 127. The summed E-state index contributed by atoms with van der Waals surface area (Å²) in [5, 5.41) is 0. The summed E-state index contributed by atoms with van der Waals surface area (Å²) in [6.07, 6.45) is 1.37. The second-order valence-corrected chi connectivity index (χ2v) is 12.0. The fraction of sp³-hybridized carbons (Fsp3) is 1.00. The zero-order chi connectivity index (χ0) is 11.2. The molecule has 0 saturated carbocycles. The first kappa shape index (κ1) is 15.1. The lowest BCUT2D eigenvalue weighted by atomic mass is 10.6. The lowest BCUT2D eigenvalue weighted by Crippen LogP contribution is -2.25. The fourth-order valence-electron chi connectivity index (χ4n) is 1.00. The third-order valence-electron chi connectivity index (χ3n) is 1.28. The van der Waals surface area contributed by atoms with E-state index in [1.54, 1.807) is 0 Å². The van der Waals surface area contributed by atoms with Gasteiger partial charge in [-0.3, -0.25) is 4.57 Å². The van der Waals surface area contributed by atoms with Crippen LogP contribution in [-0.4, -0.2) is 25.5 Å². The van der Waals surface area contributed by atoms with E-state index in [0.717, 1.165) is 10.8 Å². The largest absolute Gasteiger partial charge is 0.351 e. The molecule has 0 aliphatic carbocycles. The monoisotopic (exact) mass is 350 g/mol. The highest BCUT2D eigenvalue weighted by Gasteiger charge is 2.30. The van der Waals surface area contributed by atoms with Crippen LogP contribution in [0, 0.1) is 0 Å². The molecule has 0 bridgehead atoms. The van der Waals surface area contributed by atoms with Gasteiger partial charge in [0.1, 0.15) is 0 Å². The number of hydrogen-bond donors (Lipinski definition) is 0. The van der Waals surface area contributed by atoms with Crippen molar-refractivity contribution < 1.29 is 13.3 Å². The van der Waals surface area contributed by atoms with Crippen LogP contribution in [0.1, 0.15) is 13.3 Å². The number of alkyl halides is 1. The van der Waals surface area contributed by atoms with Gasteiger partial charge in [0.25, 0.3) is 0 Å². The lowest BCUT2D eigenvalue weighted by molar-refractivity contribution is 0.281. The molecule has 0 saturated heterocycles. The van der Waals surface area contributed by atoms with Gasteiger partial charge in [0.15, 0.2) is 8.32 Å². The highest BCUT2D eigenvalue weighted by Crippen LogP contribution is 2.51. The average molecular weight is 350 g/mol. The predicted molar refractivity (Wildman–Crippen MR) is 72.0 cm³/mol. The standard InChI is InChI=1S/C8H20IO3PSi/c1-5-8-13(10,11-7-6-9)12-14(2,3)4/h5-8H2,1-4H3. The Hall–Kier alpha value is 1.10. The summed E-state index contributed by atoms with van der Waals surface area (Å²) >= 11 is 2.20. The smallest absolute Gasteiger partial charge is 0.321 e. The second kappa shape index (κ2) is 6.63. The molecule has 0 amide bonds. The zero-order valence-electron chi connectivity index (χ0n) is 9.38. The second-order valence-electron chi connectivity index (χ2n) is 4.06. The predicted octanol–water partition coefficient (Wildman–Crippen LogP) is 3.89. The molecule has 0 heterocycles. The van der Waals surface area contributed by atoms with Crippen LogP contribution in [0.4, 0.5) is 0 Å². The van der Waals surface area contributed by atoms with E-state index in [2.05, 4.69) is 22.6 Å². The molecule has 0 fully saturated rings. The van der Waals surface area contributed by atoms with Crippen LogP contribution >= 0.6 is 30.2 Å². The van der Waals surface area contributed by atoms with Gasteiger partial charge >= 0.3 is 7.60 Å². The summed E-state index contributed by atoms with van der Waals surface area (Å²) in [7, 11) is -4.57. The molecule has 0 spiro atoms. The Labute approximate surface area is 102 Å². The van der Waals surface area contributed by atoms with Gasteiger partial charge in [-0.25, -0.2) is 0 Å². The molecule has 0 aromatic carbocycles. The minimum atomic E-state index is -2.80. The van der Waals surface area contributed by atoms with Crippen LogP contribution < -0.4 is 0 Å². The summed E-state index contributed by atoms with van der Waals surface area (Å²) in [6.45, 7) is 8.60. The molecule has 6 heteroatoms. The Morgan fingerprint density at radius 1 is 1.36 bits per heavy atom. The van der Waals surface area contributed by atoms with Crippen molar-refractivity contribution in [3.05, 3.63) is 0 Å². The van der Waals surface area contributed by atoms with E-state index in [9.17, 15) is 4.57 Å². The van der Waals surface area contributed by atoms with Crippen molar-refractivity contribution in [1.82, 2.24) is 0 Å². The molecule has 0 aromatic rings. The normalized spacial score (nSPS) is 16.6. The van der Waals surface area contributed by atoms with Crippen LogP contribution in [0.2, 0.25) is 19.6 Å².